The van der Waals surface area contributed by atoms with E-state index in [-0.39, 0.29) is 0 Å². The molecule has 8 nitrogen and oxygen atoms in total. The van der Waals surface area contributed by atoms with Crippen LogP contribution >= 0.6 is 0 Å². The van der Waals surface area contributed by atoms with Crippen molar-refractivity contribution in [3.8, 4) is 23.0 Å². The number of nitrogens with zero attached hydrogens (tertiary/aromatic N) is 3. The van der Waals surface area contributed by atoms with Crippen molar-refractivity contribution in [2.75, 3.05) is 46.9 Å². The maximum Gasteiger partial charge on any atom is 0.310 e. The van der Waals surface area contributed by atoms with Crippen LogP contribution in [0.2, 0.25) is 0 Å². The minimum Gasteiger partial charge on any atom is -0.497 e. The molecule has 2 aliphatic heterocycles. The molecule has 1 N–H and O–H groups in total. The number of carboxylic acids is 1. The third-order valence-corrected chi connectivity index (χ3v) is 5.91. The number of benzene rings is 2. The summed E-state index contributed by atoms with van der Waals surface area (Å²) >= 11 is 0. The Morgan fingerprint density at radius 2 is 1.69 bits per heavy atom. The molecule has 0 aliphatic carbocycles. The number of carbonyl (C=O) groups is 1. The second kappa shape index (κ2) is 8.70. The second-order valence-electron chi connectivity index (χ2n) is 8.69. The lowest BCUT2D eigenvalue weighted by Gasteiger charge is -2.39. The number of methoxy groups -OCH3 is 2. The quantitative estimate of drug-likeness (QED) is 0.762. The van der Waals surface area contributed by atoms with E-state index in [0.29, 0.717) is 23.8 Å². The average molecular weight is 440 g/mol. The van der Waals surface area contributed by atoms with Crippen LogP contribution in [0.5, 0.6) is 23.0 Å². The molecule has 0 spiro atoms. The first-order valence-corrected chi connectivity index (χ1v) is 10.6. The number of fused-ring (bicyclic) bond motifs is 2. The number of piperazine rings is 1. The molecular formula is C24H29N3O5. The summed E-state index contributed by atoms with van der Waals surface area (Å²) in [7, 11) is 3.26. The fourth-order valence-electron chi connectivity index (χ4n) is 3.97. The number of aliphatic carboxylic acids is 1. The second-order valence-corrected chi connectivity index (χ2v) is 8.69. The summed E-state index contributed by atoms with van der Waals surface area (Å²) in [5, 5.41) is 9.46. The summed E-state index contributed by atoms with van der Waals surface area (Å²) in [6, 6.07) is 11.3. The Balaban J connectivity index is 1.64. The summed E-state index contributed by atoms with van der Waals surface area (Å²) < 4.78 is 17.0. The van der Waals surface area contributed by atoms with Crippen molar-refractivity contribution >= 4 is 17.5 Å². The first-order chi connectivity index (χ1) is 15.3. The molecule has 0 bridgehead atoms. The van der Waals surface area contributed by atoms with Gasteiger partial charge in [0.2, 0.25) is 0 Å². The van der Waals surface area contributed by atoms with Crippen LogP contribution in [0.15, 0.2) is 41.4 Å². The van der Waals surface area contributed by atoms with E-state index in [1.165, 1.54) is 0 Å². The Bertz CT molecular complexity index is 1040. The van der Waals surface area contributed by atoms with Gasteiger partial charge in [-0.2, -0.15) is 0 Å². The van der Waals surface area contributed by atoms with E-state index in [1.54, 1.807) is 28.1 Å². The van der Waals surface area contributed by atoms with E-state index in [9.17, 15) is 9.90 Å². The van der Waals surface area contributed by atoms with Crippen molar-refractivity contribution in [2.45, 2.75) is 13.8 Å². The van der Waals surface area contributed by atoms with Gasteiger partial charge in [0.25, 0.3) is 0 Å². The van der Waals surface area contributed by atoms with Crippen LogP contribution in [0.1, 0.15) is 19.4 Å². The monoisotopic (exact) mass is 439 g/mol. The molecule has 0 amide bonds. The molecule has 1 saturated heterocycles. The molecule has 1 fully saturated rings. The molecule has 0 aromatic heterocycles. The van der Waals surface area contributed by atoms with Crippen LogP contribution in [0.3, 0.4) is 0 Å². The van der Waals surface area contributed by atoms with Gasteiger partial charge in [-0.1, -0.05) is 0 Å². The lowest BCUT2D eigenvalue weighted by atomic mass is 9.93. The summed E-state index contributed by atoms with van der Waals surface area (Å²) in [6.45, 7) is 7.02. The van der Waals surface area contributed by atoms with Gasteiger partial charge in [0.15, 0.2) is 5.75 Å². The smallest absolute Gasteiger partial charge is 0.310 e. The highest BCUT2D eigenvalue weighted by Gasteiger charge is 2.32. The Kier molecular flexibility index (Phi) is 5.97. The van der Waals surface area contributed by atoms with Gasteiger partial charge in [-0.15, -0.1) is 0 Å². The molecular weight excluding hydrogens is 410 g/mol. The van der Waals surface area contributed by atoms with Gasteiger partial charge in [-0.05, 0) is 44.2 Å². The number of ether oxygens (including phenoxy) is 3. The van der Waals surface area contributed by atoms with Gasteiger partial charge in [0.05, 0.1) is 25.2 Å². The minimum absolute atomic E-state index is 0.513. The van der Waals surface area contributed by atoms with E-state index in [4.69, 9.17) is 19.2 Å². The van der Waals surface area contributed by atoms with E-state index >= 15 is 0 Å². The Labute approximate surface area is 188 Å². The van der Waals surface area contributed by atoms with E-state index in [0.717, 1.165) is 49.0 Å². The number of hydrogen-bond donors (Lipinski definition) is 1. The van der Waals surface area contributed by atoms with Crippen molar-refractivity contribution in [1.82, 2.24) is 9.80 Å². The van der Waals surface area contributed by atoms with Crippen LogP contribution in [-0.2, 0) is 4.79 Å². The van der Waals surface area contributed by atoms with Gasteiger partial charge in [0, 0.05) is 38.8 Å². The summed E-state index contributed by atoms with van der Waals surface area (Å²) in [6.07, 6.45) is 0. The lowest BCUT2D eigenvalue weighted by Crippen LogP contribution is -2.52. The fourth-order valence-corrected chi connectivity index (χ4v) is 3.97. The van der Waals surface area contributed by atoms with Crippen LogP contribution < -0.4 is 14.2 Å². The zero-order valence-electron chi connectivity index (χ0n) is 18.9. The predicted molar refractivity (Wildman–Crippen MR) is 122 cm³/mol. The molecule has 0 saturated carbocycles. The number of amidine groups is 1. The third-order valence-electron chi connectivity index (χ3n) is 5.91. The molecule has 2 aromatic carbocycles. The first-order valence-electron chi connectivity index (χ1n) is 10.6. The normalized spacial score (nSPS) is 16.2. The van der Waals surface area contributed by atoms with E-state index in [2.05, 4.69) is 9.80 Å². The van der Waals surface area contributed by atoms with Gasteiger partial charge < -0.3 is 24.2 Å². The summed E-state index contributed by atoms with van der Waals surface area (Å²) in [5.74, 6) is 2.80. The Hall–Kier alpha value is -3.26. The predicted octanol–water partition coefficient (Wildman–Crippen LogP) is 3.62. The number of hydrogen-bond acceptors (Lipinski definition) is 7. The zero-order chi connectivity index (χ0) is 22.9. The van der Waals surface area contributed by atoms with Crippen LogP contribution in [0, 0.1) is 5.41 Å². The molecule has 2 heterocycles. The SMILES string of the molecule is COc1ccc2c(c1)Oc1ccc(OC)cc1C(N1CCN(CC(C)(C)C(=O)O)CC1)=N2. The highest BCUT2D eigenvalue weighted by atomic mass is 16.5. The maximum atomic E-state index is 11.5. The largest absolute Gasteiger partial charge is 0.497 e. The molecule has 4 rings (SSSR count). The molecule has 170 valence electrons. The average Bonchev–Trinajstić information content (AvgIpc) is 2.94. The number of carboxylic acid groups (broad SMARTS) is 1. The number of aliphatic imine (C=N–C) groups is 1. The zero-order valence-corrected chi connectivity index (χ0v) is 18.9. The van der Waals surface area contributed by atoms with Gasteiger partial charge in [-0.25, -0.2) is 4.99 Å². The van der Waals surface area contributed by atoms with Crippen molar-refractivity contribution < 1.29 is 24.1 Å². The fraction of sp³-hybridized carbons (Fsp3) is 0.417. The van der Waals surface area contributed by atoms with E-state index in [1.807, 2.05) is 36.4 Å². The van der Waals surface area contributed by atoms with Crippen molar-refractivity contribution in [2.24, 2.45) is 10.4 Å². The topological polar surface area (TPSA) is 83.8 Å². The molecule has 0 radical (unpaired) electrons. The van der Waals surface area contributed by atoms with E-state index < -0.39 is 11.4 Å². The van der Waals surface area contributed by atoms with Gasteiger partial charge >= 0.3 is 5.97 Å². The summed E-state index contributed by atoms with van der Waals surface area (Å²) in [4.78, 5) is 20.9. The highest BCUT2D eigenvalue weighted by Crippen LogP contribution is 2.41. The first kappa shape index (κ1) is 22.0. The molecule has 32 heavy (non-hydrogen) atoms. The summed E-state index contributed by atoms with van der Waals surface area (Å²) in [5.41, 5.74) is 0.803. The highest BCUT2D eigenvalue weighted by molar-refractivity contribution is 6.04. The molecule has 0 atom stereocenters. The lowest BCUT2D eigenvalue weighted by molar-refractivity contribution is -0.148. The number of rotatable bonds is 5. The van der Waals surface area contributed by atoms with Crippen molar-refractivity contribution in [3.05, 3.63) is 42.0 Å². The standard InChI is InChI=1S/C24H29N3O5/c1-24(2,23(28)29)15-26-9-11-27(12-10-26)22-18-13-16(30-3)6-8-20(18)32-21-14-17(31-4)5-7-19(21)25-22/h5-8,13-14H,9-12,15H2,1-4H3,(H,28,29). The maximum absolute atomic E-state index is 11.5. The minimum atomic E-state index is -0.784. The van der Waals surface area contributed by atoms with Crippen LogP contribution in [0.25, 0.3) is 0 Å². The van der Waals surface area contributed by atoms with Crippen LogP contribution in [-0.4, -0.2) is 73.7 Å². The molecule has 0 unspecified atom stereocenters. The van der Waals surface area contributed by atoms with Gasteiger partial charge in [0.1, 0.15) is 28.8 Å². The van der Waals surface area contributed by atoms with Gasteiger partial charge in [-0.3, -0.25) is 9.69 Å². The van der Waals surface area contributed by atoms with Crippen molar-refractivity contribution in [1.29, 1.82) is 0 Å². The Morgan fingerprint density at radius 3 is 2.34 bits per heavy atom. The third kappa shape index (κ3) is 4.36. The van der Waals surface area contributed by atoms with Crippen molar-refractivity contribution in [3.63, 3.8) is 0 Å². The van der Waals surface area contributed by atoms with Crippen LogP contribution in [0.4, 0.5) is 5.69 Å². The molecule has 8 heteroatoms. The Morgan fingerprint density at radius 1 is 1.03 bits per heavy atom. The molecule has 2 aliphatic rings. The molecule has 2 aromatic rings.